The molecule has 2 aromatic heterocycles. The van der Waals surface area contributed by atoms with Gasteiger partial charge in [-0.3, -0.25) is 0 Å². The molecule has 0 bridgehead atoms. The van der Waals surface area contributed by atoms with Gasteiger partial charge in [0.1, 0.15) is 5.52 Å². The van der Waals surface area contributed by atoms with Crippen LogP contribution in [0.3, 0.4) is 0 Å². The molecule has 0 aliphatic carbocycles. The second-order valence-electron chi connectivity index (χ2n) is 3.52. The van der Waals surface area contributed by atoms with Crippen molar-refractivity contribution in [2.75, 3.05) is 5.73 Å². The summed E-state index contributed by atoms with van der Waals surface area (Å²) in [7, 11) is 1.84. The summed E-state index contributed by atoms with van der Waals surface area (Å²) in [6.07, 6.45) is 1.60. The molecule has 0 fully saturated rings. The van der Waals surface area contributed by atoms with E-state index in [1.165, 1.54) is 0 Å². The quantitative estimate of drug-likeness (QED) is 0.659. The minimum atomic E-state index is 0.314. The maximum atomic E-state index is 5.66. The topological polar surface area (TPSA) is 82.8 Å². The average Bonchev–Trinajstić information content (AvgIpc) is 2.86. The lowest BCUT2D eigenvalue weighted by molar-refractivity contribution is 0.436. The number of nitrogens with two attached hydrogens (primary N) is 1. The number of rotatable bonds is 1. The summed E-state index contributed by atoms with van der Waals surface area (Å²) in [6.45, 7) is 0. The molecule has 0 saturated heterocycles. The van der Waals surface area contributed by atoms with Crippen LogP contribution in [0.1, 0.15) is 0 Å². The summed E-state index contributed by atoms with van der Waals surface area (Å²) < 4.78 is 6.54. The number of fused-ring (bicyclic) bond motifs is 1. The number of nitrogen functional groups attached to an aromatic ring is 1. The summed E-state index contributed by atoms with van der Waals surface area (Å²) in [6, 6.07) is 5.77. The Hall–Kier alpha value is -2.37. The molecule has 16 heavy (non-hydrogen) atoms. The first-order valence-corrected chi connectivity index (χ1v) is 4.75. The Morgan fingerprint density at radius 2 is 2.25 bits per heavy atom. The van der Waals surface area contributed by atoms with Crippen molar-refractivity contribution in [1.29, 1.82) is 0 Å². The van der Waals surface area contributed by atoms with Crippen molar-refractivity contribution in [2.45, 2.75) is 0 Å². The Morgan fingerprint density at radius 1 is 1.38 bits per heavy atom. The van der Waals surface area contributed by atoms with E-state index in [1.54, 1.807) is 10.9 Å². The molecule has 3 aromatic rings. The fraction of sp³-hybridized carbons (Fsp3) is 0.100. The third-order valence-corrected chi connectivity index (χ3v) is 2.52. The van der Waals surface area contributed by atoms with E-state index in [-0.39, 0.29) is 0 Å². The number of aryl methyl sites for hydroxylation is 1. The molecule has 6 nitrogen and oxygen atoms in total. The Labute approximate surface area is 90.6 Å². The minimum absolute atomic E-state index is 0.314. The summed E-state index contributed by atoms with van der Waals surface area (Å²) >= 11 is 0. The molecule has 0 saturated carbocycles. The summed E-state index contributed by atoms with van der Waals surface area (Å²) in [4.78, 5) is 0. The van der Waals surface area contributed by atoms with Gasteiger partial charge in [-0.15, -0.1) is 5.10 Å². The normalized spacial score (nSPS) is 11.1. The molecule has 0 spiro atoms. The Kier molecular flexibility index (Phi) is 1.70. The highest BCUT2D eigenvalue weighted by atomic mass is 16.5. The largest absolute Gasteiger partial charge is 0.367 e. The Bertz CT molecular complexity index is 654. The van der Waals surface area contributed by atoms with Crippen LogP contribution in [0.25, 0.3) is 22.2 Å². The lowest BCUT2D eigenvalue weighted by Crippen LogP contribution is -1.90. The van der Waals surface area contributed by atoms with Crippen molar-refractivity contribution in [3.05, 3.63) is 24.4 Å². The van der Waals surface area contributed by atoms with Gasteiger partial charge < -0.3 is 10.3 Å². The number of hydrogen-bond donors (Lipinski definition) is 1. The zero-order valence-electron chi connectivity index (χ0n) is 8.58. The summed E-state index contributed by atoms with van der Waals surface area (Å²) in [5.41, 5.74) is 9.18. The zero-order chi connectivity index (χ0) is 11.1. The average molecular weight is 215 g/mol. The molecule has 2 heterocycles. The highest BCUT2D eigenvalue weighted by molar-refractivity contribution is 5.83. The molecule has 6 heteroatoms. The van der Waals surface area contributed by atoms with Gasteiger partial charge in [0.2, 0.25) is 5.88 Å². The van der Waals surface area contributed by atoms with Crippen LogP contribution in [-0.4, -0.2) is 20.2 Å². The molecular weight excluding hydrogens is 206 g/mol. The third kappa shape index (κ3) is 1.16. The number of nitrogens with zero attached hydrogens (tertiary/aromatic N) is 4. The standard InChI is InChI=1S/C10H9N5O/c1-15-9-4-6(2-3-8(9)13-14-15)7-5-12-16-10(7)11/h2-5H,11H2,1H3. The third-order valence-electron chi connectivity index (χ3n) is 2.52. The lowest BCUT2D eigenvalue weighted by Gasteiger charge is -1.98. The fourth-order valence-electron chi connectivity index (χ4n) is 1.66. The van der Waals surface area contributed by atoms with Gasteiger partial charge in [-0.1, -0.05) is 16.4 Å². The van der Waals surface area contributed by atoms with Crippen LogP contribution < -0.4 is 5.73 Å². The lowest BCUT2D eigenvalue weighted by atomic mass is 10.1. The maximum absolute atomic E-state index is 5.66. The molecule has 0 radical (unpaired) electrons. The van der Waals surface area contributed by atoms with Gasteiger partial charge in [0, 0.05) is 7.05 Å². The van der Waals surface area contributed by atoms with Gasteiger partial charge in [-0.05, 0) is 17.7 Å². The number of aromatic nitrogens is 4. The monoisotopic (exact) mass is 215 g/mol. The molecule has 3 rings (SSSR count). The van der Waals surface area contributed by atoms with Crippen molar-refractivity contribution in [1.82, 2.24) is 20.2 Å². The number of hydrogen-bond acceptors (Lipinski definition) is 5. The first kappa shape index (κ1) is 8.90. The Morgan fingerprint density at radius 3 is 3.00 bits per heavy atom. The van der Waals surface area contributed by atoms with E-state index in [0.717, 1.165) is 22.2 Å². The predicted octanol–water partition coefficient (Wildman–Crippen LogP) is 1.21. The van der Waals surface area contributed by atoms with Crippen LogP contribution in [0, 0.1) is 0 Å². The highest BCUT2D eigenvalue weighted by Crippen LogP contribution is 2.27. The number of anilines is 1. The van der Waals surface area contributed by atoms with Crippen LogP contribution in [0.2, 0.25) is 0 Å². The SMILES string of the molecule is Cn1nnc2ccc(-c3cnoc3N)cc21. The van der Waals surface area contributed by atoms with E-state index in [2.05, 4.69) is 15.5 Å². The van der Waals surface area contributed by atoms with E-state index in [1.807, 2.05) is 25.2 Å². The highest BCUT2D eigenvalue weighted by Gasteiger charge is 2.09. The van der Waals surface area contributed by atoms with Crippen molar-refractivity contribution in [3.8, 4) is 11.1 Å². The molecule has 0 aliphatic rings. The van der Waals surface area contributed by atoms with Crippen molar-refractivity contribution in [2.24, 2.45) is 7.05 Å². The molecule has 2 N–H and O–H groups in total. The smallest absolute Gasteiger partial charge is 0.229 e. The van der Waals surface area contributed by atoms with Crippen LogP contribution in [0.5, 0.6) is 0 Å². The Balaban J connectivity index is 2.25. The maximum Gasteiger partial charge on any atom is 0.229 e. The van der Waals surface area contributed by atoms with Crippen molar-refractivity contribution in [3.63, 3.8) is 0 Å². The van der Waals surface area contributed by atoms with Gasteiger partial charge in [0.05, 0.1) is 17.3 Å². The zero-order valence-corrected chi connectivity index (χ0v) is 8.58. The summed E-state index contributed by atoms with van der Waals surface area (Å²) in [5, 5.41) is 11.6. The van der Waals surface area contributed by atoms with Crippen molar-refractivity contribution < 1.29 is 4.52 Å². The van der Waals surface area contributed by atoms with Crippen LogP contribution in [0.15, 0.2) is 28.9 Å². The van der Waals surface area contributed by atoms with Crippen molar-refractivity contribution >= 4 is 16.9 Å². The van der Waals surface area contributed by atoms with Crippen LogP contribution in [0.4, 0.5) is 5.88 Å². The first-order chi connectivity index (χ1) is 7.75. The second-order valence-corrected chi connectivity index (χ2v) is 3.52. The fourth-order valence-corrected chi connectivity index (χ4v) is 1.66. The number of benzene rings is 1. The molecule has 0 atom stereocenters. The van der Waals surface area contributed by atoms with Gasteiger partial charge in [0.15, 0.2) is 0 Å². The minimum Gasteiger partial charge on any atom is -0.367 e. The summed E-state index contributed by atoms with van der Waals surface area (Å²) in [5.74, 6) is 0.314. The van der Waals surface area contributed by atoms with Gasteiger partial charge in [-0.2, -0.15) is 0 Å². The molecule has 0 amide bonds. The van der Waals surface area contributed by atoms with E-state index < -0.39 is 0 Å². The van der Waals surface area contributed by atoms with Gasteiger partial charge >= 0.3 is 0 Å². The molecule has 0 unspecified atom stereocenters. The van der Waals surface area contributed by atoms with Crippen LogP contribution in [-0.2, 0) is 7.05 Å². The van der Waals surface area contributed by atoms with E-state index in [4.69, 9.17) is 10.3 Å². The van der Waals surface area contributed by atoms with E-state index in [0.29, 0.717) is 5.88 Å². The van der Waals surface area contributed by atoms with Crippen LogP contribution >= 0.6 is 0 Å². The molecular formula is C10H9N5O. The van der Waals surface area contributed by atoms with E-state index >= 15 is 0 Å². The second kappa shape index (κ2) is 3.06. The molecule has 1 aromatic carbocycles. The molecule has 80 valence electrons. The van der Waals surface area contributed by atoms with Gasteiger partial charge in [0.25, 0.3) is 0 Å². The predicted molar refractivity (Wildman–Crippen MR) is 58.4 cm³/mol. The van der Waals surface area contributed by atoms with E-state index in [9.17, 15) is 0 Å². The molecule has 0 aliphatic heterocycles. The first-order valence-electron chi connectivity index (χ1n) is 4.75. The van der Waals surface area contributed by atoms with Gasteiger partial charge in [-0.25, -0.2) is 4.68 Å².